The number of benzene rings is 1. The first-order chi connectivity index (χ1) is 10.9. The number of rotatable bonds is 6. The Bertz CT molecular complexity index is 742. The van der Waals surface area contributed by atoms with Crippen molar-refractivity contribution in [3.05, 3.63) is 41.0 Å². The molecule has 0 fully saturated rings. The van der Waals surface area contributed by atoms with Crippen molar-refractivity contribution in [1.29, 1.82) is 0 Å². The van der Waals surface area contributed by atoms with Crippen molar-refractivity contribution in [2.75, 3.05) is 6.54 Å². The first kappa shape index (κ1) is 17.2. The molecule has 0 bridgehead atoms. The average Bonchev–Trinajstić information content (AvgIpc) is 2.54. The van der Waals surface area contributed by atoms with E-state index < -0.39 is 11.4 Å². The van der Waals surface area contributed by atoms with E-state index in [-0.39, 0.29) is 12.5 Å². The number of carbonyl (C=O) groups is 2. The van der Waals surface area contributed by atoms with Gasteiger partial charge in [0.25, 0.3) is 5.91 Å². The maximum atomic E-state index is 12.5. The smallest absolute Gasteiger partial charge is 0.311 e. The number of nitrogens with zero attached hydrogens (tertiary/aromatic N) is 1. The molecule has 1 aromatic heterocycles. The second-order valence-corrected chi connectivity index (χ2v) is 5.94. The van der Waals surface area contributed by atoms with Crippen LogP contribution in [0.1, 0.15) is 37.0 Å². The van der Waals surface area contributed by atoms with Crippen LogP contribution in [0.5, 0.6) is 0 Å². The van der Waals surface area contributed by atoms with Crippen molar-refractivity contribution in [3.63, 3.8) is 0 Å². The second-order valence-electron chi connectivity index (χ2n) is 5.50. The fraction of sp³-hybridized carbons (Fsp3) is 0.353. The highest BCUT2D eigenvalue weighted by Crippen LogP contribution is 2.27. The highest BCUT2D eigenvalue weighted by Gasteiger charge is 2.35. The number of carboxylic acids is 1. The predicted octanol–water partition coefficient (Wildman–Crippen LogP) is 3.51. The lowest BCUT2D eigenvalue weighted by Gasteiger charge is -2.26. The number of hydrogen-bond donors (Lipinski definition) is 2. The Morgan fingerprint density at radius 1 is 1.30 bits per heavy atom. The molecule has 5 nitrogen and oxygen atoms in total. The van der Waals surface area contributed by atoms with Crippen molar-refractivity contribution in [2.45, 2.75) is 26.7 Å². The summed E-state index contributed by atoms with van der Waals surface area (Å²) >= 11 is 6.06. The average molecular weight is 335 g/mol. The van der Waals surface area contributed by atoms with E-state index in [1.165, 1.54) is 0 Å². The molecule has 2 rings (SSSR count). The van der Waals surface area contributed by atoms with Crippen LogP contribution in [0, 0.1) is 5.41 Å². The Kier molecular flexibility index (Phi) is 5.21. The molecule has 2 N–H and O–H groups in total. The van der Waals surface area contributed by atoms with Crippen LogP contribution in [0.4, 0.5) is 0 Å². The fourth-order valence-corrected chi connectivity index (χ4v) is 2.78. The number of aliphatic carboxylic acids is 1. The third-order valence-corrected chi connectivity index (χ3v) is 4.53. The minimum atomic E-state index is -0.961. The van der Waals surface area contributed by atoms with Crippen LogP contribution < -0.4 is 5.32 Å². The number of pyridine rings is 1. The Hall–Kier alpha value is -2.14. The van der Waals surface area contributed by atoms with E-state index in [1.54, 1.807) is 38.2 Å². The zero-order valence-electron chi connectivity index (χ0n) is 13.1. The molecule has 1 heterocycles. The van der Waals surface area contributed by atoms with Crippen LogP contribution in [0.25, 0.3) is 10.9 Å². The van der Waals surface area contributed by atoms with Gasteiger partial charge in [-0.2, -0.15) is 0 Å². The van der Waals surface area contributed by atoms with Gasteiger partial charge in [0.15, 0.2) is 0 Å². The molecule has 0 saturated carbocycles. The van der Waals surface area contributed by atoms with Gasteiger partial charge >= 0.3 is 5.97 Å². The van der Waals surface area contributed by atoms with Crippen LogP contribution in [0.3, 0.4) is 0 Å². The monoisotopic (exact) mass is 334 g/mol. The number of carboxylic acid groups (broad SMARTS) is 1. The van der Waals surface area contributed by atoms with E-state index in [4.69, 9.17) is 11.6 Å². The molecule has 2 aromatic rings. The zero-order valence-corrected chi connectivity index (χ0v) is 13.9. The summed E-state index contributed by atoms with van der Waals surface area (Å²) in [7, 11) is 0. The quantitative estimate of drug-likeness (QED) is 0.847. The van der Waals surface area contributed by atoms with Crippen LogP contribution in [-0.4, -0.2) is 28.5 Å². The summed E-state index contributed by atoms with van der Waals surface area (Å²) in [4.78, 5) is 28.3. The maximum absolute atomic E-state index is 12.5. The minimum Gasteiger partial charge on any atom is -0.481 e. The van der Waals surface area contributed by atoms with Gasteiger partial charge in [-0.15, -0.1) is 0 Å². The topological polar surface area (TPSA) is 79.3 Å². The first-order valence-electron chi connectivity index (χ1n) is 7.49. The summed E-state index contributed by atoms with van der Waals surface area (Å²) in [5, 5.41) is 13.4. The number of fused-ring (bicyclic) bond motifs is 1. The normalized spacial score (nSPS) is 11.4. The van der Waals surface area contributed by atoms with E-state index in [2.05, 4.69) is 10.3 Å². The predicted molar refractivity (Wildman–Crippen MR) is 89.7 cm³/mol. The minimum absolute atomic E-state index is 0.0645. The Balaban J connectivity index is 2.30. The maximum Gasteiger partial charge on any atom is 0.311 e. The molecule has 0 spiro atoms. The van der Waals surface area contributed by atoms with Gasteiger partial charge in [0, 0.05) is 23.2 Å². The van der Waals surface area contributed by atoms with Crippen LogP contribution in [0.2, 0.25) is 5.02 Å². The summed E-state index contributed by atoms with van der Waals surface area (Å²) in [6.45, 7) is 3.68. The zero-order chi connectivity index (χ0) is 17.0. The lowest BCUT2D eigenvalue weighted by Crippen LogP contribution is -2.42. The van der Waals surface area contributed by atoms with Crippen molar-refractivity contribution in [3.8, 4) is 0 Å². The molecule has 0 aliphatic carbocycles. The molecule has 0 radical (unpaired) electrons. The Morgan fingerprint density at radius 2 is 2.00 bits per heavy atom. The Labute approximate surface area is 139 Å². The van der Waals surface area contributed by atoms with Gasteiger partial charge in [0.05, 0.1) is 16.5 Å². The van der Waals surface area contributed by atoms with Gasteiger partial charge in [-0.25, -0.2) is 0 Å². The number of halogens is 1. The highest BCUT2D eigenvalue weighted by molar-refractivity contribution is 6.32. The first-order valence-corrected chi connectivity index (χ1v) is 7.87. The number of carbonyl (C=O) groups excluding carboxylic acids is 1. The van der Waals surface area contributed by atoms with E-state index in [0.717, 1.165) is 5.39 Å². The Morgan fingerprint density at radius 3 is 2.61 bits per heavy atom. The molecule has 23 heavy (non-hydrogen) atoms. The van der Waals surface area contributed by atoms with Crippen LogP contribution >= 0.6 is 11.6 Å². The number of nitrogens with one attached hydrogen (secondary N) is 1. The van der Waals surface area contributed by atoms with Crippen molar-refractivity contribution >= 4 is 34.4 Å². The lowest BCUT2D eigenvalue weighted by molar-refractivity contribution is -0.149. The molecular formula is C17H19ClN2O3. The third-order valence-electron chi connectivity index (χ3n) is 4.31. The van der Waals surface area contributed by atoms with Gasteiger partial charge < -0.3 is 10.4 Å². The molecular weight excluding hydrogens is 316 g/mol. The molecule has 0 atom stereocenters. The van der Waals surface area contributed by atoms with Gasteiger partial charge in [0.1, 0.15) is 0 Å². The van der Waals surface area contributed by atoms with E-state index in [0.29, 0.717) is 28.9 Å². The summed E-state index contributed by atoms with van der Waals surface area (Å²) in [6.07, 6.45) is 2.48. The highest BCUT2D eigenvalue weighted by atomic mass is 35.5. The number of hydrogen-bond acceptors (Lipinski definition) is 3. The molecule has 1 amide bonds. The molecule has 0 aliphatic rings. The summed E-state index contributed by atoms with van der Waals surface area (Å²) in [6, 6.07) is 6.88. The van der Waals surface area contributed by atoms with Gasteiger partial charge in [-0.3, -0.25) is 14.6 Å². The SMILES string of the molecule is CCC(CC)(CNC(=O)c1cc(Cl)cc2cccnc12)C(=O)O. The number of aromatic nitrogens is 1. The van der Waals surface area contributed by atoms with Gasteiger partial charge in [0.2, 0.25) is 0 Å². The van der Waals surface area contributed by atoms with E-state index >= 15 is 0 Å². The molecule has 0 unspecified atom stereocenters. The molecule has 6 heteroatoms. The van der Waals surface area contributed by atoms with Crippen LogP contribution in [0.15, 0.2) is 30.5 Å². The van der Waals surface area contributed by atoms with E-state index in [1.807, 2.05) is 6.07 Å². The van der Waals surface area contributed by atoms with Gasteiger partial charge in [-0.05, 0) is 31.0 Å². The summed E-state index contributed by atoms with van der Waals surface area (Å²) in [5.74, 6) is -1.28. The van der Waals surface area contributed by atoms with Crippen molar-refractivity contribution in [2.24, 2.45) is 5.41 Å². The molecule has 1 aromatic carbocycles. The standard InChI is InChI=1S/C17H19ClN2O3/c1-3-17(4-2,16(22)23)10-20-15(21)13-9-12(18)8-11-6-5-7-19-14(11)13/h5-9H,3-4,10H2,1-2H3,(H,20,21)(H,22,23). The molecule has 0 saturated heterocycles. The largest absolute Gasteiger partial charge is 0.481 e. The third kappa shape index (κ3) is 3.45. The lowest BCUT2D eigenvalue weighted by atomic mass is 9.82. The van der Waals surface area contributed by atoms with Crippen molar-refractivity contribution < 1.29 is 14.7 Å². The molecule has 0 aliphatic heterocycles. The second kappa shape index (κ2) is 6.96. The number of amides is 1. The van der Waals surface area contributed by atoms with Gasteiger partial charge in [-0.1, -0.05) is 31.5 Å². The van der Waals surface area contributed by atoms with Crippen LogP contribution in [-0.2, 0) is 4.79 Å². The fourth-order valence-electron chi connectivity index (χ4n) is 2.55. The molecule has 122 valence electrons. The summed E-state index contributed by atoms with van der Waals surface area (Å²) < 4.78 is 0. The summed E-state index contributed by atoms with van der Waals surface area (Å²) in [5.41, 5.74) is -0.0693. The van der Waals surface area contributed by atoms with E-state index in [9.17, 15) is 14.7 Å². The van der Waals surface area contributed by atoms with Crippen molar-refractivity contribution in [1.82, 2.24) is 10.3 Å².